The Morgan fingerprint density at radius 3 is 2.53 bits per heavy atom. The average molecular weight is 325 g/mol. The number of benzene rings is 2. The van der Waals surface area contributed by atoms with E-state index in [9.17, 15) is 9.18 Å². The molecule has 0 aromatic heterocycles. The minimum absolute atomic E-state index is 0.0235. The van der Waals surface area contributed by atoms with Crippen LogP contribution in [0, 0.1) is 5.82 Å². The normalized spacial score (nSPS) is 10.2. The summed E-state index contributed by atoms with van der Waals surface area (Å²) in [5.41, 5.74) is 0.420. The monoisotopic (exact) mass is 324 g/mol. The summed E-state index contributed by atoms with van der Waals surface area (Å²) in [5.74, 6) is -2.12. The zero-order chi connectivity index (χ0) is 13.8. The van der Waals surface area contributed by atoms with E-state index in [-0.39, 0.29) is 12.4 Å². The van der Waals surface area contributed by atoms with E-state index in [0.29, 0.717) is 0 Å². The van der Waals surface area contributed by atoms with Crippen LogP contribution in [0.5, 0.6) is 5.75 Å². The molecule has 0 saturated heterocycles. The van der Waals surface area contributed by atoms with Crippen LogP contribution >= 0.6 is 15.9 Å². The van der Waals surface area contributed by atoms with Crippen molar-refractivity contribution in [2.24, 2.45) is 0 Å². The predicted molar refractivity (Wildman–Crippen MR) is 71.8 cm³/mol. The summed E-state index contributed by atoms with van der Waals surface area (Å²) in [4.78, 5) is 11.0. The third-order valence-corrected chi connectivity index (χ3v) is 3.03. The largest absolute Gasteiger partial charge is 0.488 e. The Labute approximate surface area is 117 Å². The fourth-order valence-corrected chi connectivity index (χ4v) is 1.84. The first-order chi connectivity index (χ1) is 9.08. The molecule has 3 nitrogen and oxygen atoms in total. The highest BCUT2D eigenvalue weighted by Gasteiger charge is 2.16. The van der Waals surface area contributed by atoms with E-state index < -0.39 is 17.3 Å². The van der Waals surface area contributed by atoms with Gasteiger partial charge in [0.1, 0.15) is 23.7 Å². The van der Waals surface area contributed by atoms with E-state index in [1.165, 1.54) is 12.1 Å². The van der Waals surface area contributed by atoms with Crippen LogP contribution in [0.25, 0.3) is 0 Å². The summed E-state index contributed by atoms with van der Waals surface area (Å²) in [7, 11) is 0. The number of hydrogen-bond donors (Lipinski definition) is 1. The van der Waals surface area contributed by atoms with E-state index >= 15 is 0 Å². The third kappa shape index (κ3) is 3.32. The van der Waals surface area contributed by atoms with Crippen molar-refractivity contribution in [3.63, 3.8) is 0 Å². The molecule has 0 aliphatic heterocycles. The quantitative estimate of drug-likeness (QED) is 0.928. The molecule has 1 N–H and O–H groups in total. The van der Waals surface area contributed by atoms with Gasteiger partial charge in [0.15, 0.2) is 0 Å². The average Bonchev–Trinajstić information content (AvgIpc) is 2.37. The maximum absolute atomic E-state index is 13.4. The number of halogens is 2. The molecule has 0 atom stereocenters. The molecule has 0 amide bonds. The lowest BCUT2D eigenvalue weighted by atomic mass is 10.2. The van der Waals surface area contributed by atoms with Crippen LogP contribution in [0.15, 0.2) is 46.9 Å². The van der Waals surface area contributed by atoms with Crippen LogP contribution in [0.2, 0.25) is 0 Å². The third-order valence-electron chi connectivity index (χ3n) is 2.50. The van der Waals surface area contributed by atoms with Crippen LogP contribution in [-0.2, 0) is 6.61 Å². The van der Waals surface area contributed by atoms with Crippen LogP contribution in [-0.4, -0.2) is 11.1 Å². The Morgan fingerprint density at radius 2 is 1.89 bits per heavy atom. The van der Waals surface area contributed by atoms with Crippen molar-refractivity contribution in [1.82, 2.24) is 0 Å². The lowest BCUT2D eigenvalue weighted by Crippen LogP contribution is -2.06. The number of hydrogen-bond acceptors (Lipinski definition) is 2. The smallest absolute Gasteiger partial charge is 0.342 e. The van der Waals surface area contributed by atoms with Crippen molar-refractivity contribution < 1.29 is 19.0 Å². The van der Waals surface area contributed by atoms with Gasteiger partial charge in [-0.25, -0.2) is 9.18 Å². The first-order valence-corrected chi connectivity index (χ1v) is 6.26. The predicted octanol–water partition coefficient (Wildman–Crippen LogP) is 3.87. The second kappa shape index (κ2) is 5.84. The van der Waals surface area contributed by atoms with Crippen LogP contribution in [0.1, 0.15) is 15.9 Å². The van der Waals surface area contributed by atoms with Gasteiger partial charge in [-0.15, -0.1) is 0 Å². The minimum atomic E-state index is -1.34. The Balaban J connectivity index is 2.18. The molecular formula is C14H10BrFO3. The molecule has 2 aromatic carbocycles. The topological polar surface area (TPSA) is 46.5 Å². The van der Waals surface area contributed by atoms with Crippen molar-refractivity contribution in [1.29, 1.82) is 0 Å². The molecule has 0 unspecified atom stereocenters. The molecule has 0 heterocycles. The molecule has 2 aromatic rings. The number of rotatable bonds is 4. The fraction of sp³-hybridized carbons (Fsp3) is 0.0714. The van der Waals surface area contributed by atoms with Gasteiger partial charge in [-0.05, 0) is 29.8 Å². The lowest BCUT2D eigenvalue weighted by Gasteiger charge is -2.09. The molecule has 0 radical (unpaired) electrons. The summed E-state index contributed by atoms with van der Waals surface area (Å²) in [6.07, 6.45) is 0. The zero-order valence-corrected chi connectivity index (χ0v) is 11.4. The Kier molecular flexibility index (Phi) is 4.16. The second-order valence-electron chi connectivity index (χ2n) is 3.83. The summed E-state index contributed by atoms with van der Waals surface area (Å²) in [6.45, 7) is 0.178. The van der Waals surface area contributed by atoms with Crippen molar-refractivity contribution in [3.05, 3.63) is 63.9 Å². The minimum Gasteiger partial charge on any atom is -0.488 e. The first-order valence-electron chi connectivity index (χ1n) is 5.47. The van der Waals surface area contributed by atoms with Gasteiger partial charge in [0.25, 0.3) is 0 Å². The number of carboxylic acid groups (broad SMARTS) is 1. The molecule has 0 saturated carbocycles. The highest BCUT2D eigenvalue weighted by molar-refractivity contribution is 9.10. The van der Waals surface area contributed by atoms with Crippen molar-refractivity contribution in [3.8, 4) is 5.75 Å². The molecular weight excluding hydrogens is 315 g/mol. The van der Waals surface area contributed by atoms with Crippen LogP contribution in [0.3, 0.4) is 0 Å². The summed E-state index contributed by atoms with van der Waals surface area (Å²) < 4.78 is 19.7. The van der Waals surface area contributed by atoms with Gasteiger partial charge in [-0.2, -0.15) is 0 Å². The van der Waals surface area contributed by atoms with Crippen molar-refractivity contribution in [2.75, 3.05) is 0 Å². The fourth-order valence-electron chi connectivity index (χ4n) is 1.57. The first kappa shape index (κ1) is 13.5. The molecule has 0 fully saturated rings. The van der Waals surface area contributed by atoms with E-state index in [2.05, 4.69) is 15.9 Å². The van der Waals surface area contributed by atoms with Gasteiger partial charge in [0.2, 0.25) is 0 Å². The van der Waals surface area contributed by atoms with Crippen LogP contribution in [0.4, 0.5) is 4.39 Å². The van der Waals surface area contributed by atoms with Gasteiger partial charge >= 0.3 is 5.97 Å². The zero-order valence-electron chi connectivity index (χ0n) is 9.77. The van der Waals surface area contributed by atoms with Gasteiger partial charge in [-0.1, -0.05) is 34.1 Å². The standard InChI is InChI=1S/C14H10BrFO3/c15-10-6-4-9(5-7-10)8-19-12-3-1-2-11(16)13(12)14(17)18/h1-7H,8H2,(H,17,18). The molecule has 2 rings (SSSR count). The summed E-state index contributed by atoms with van der Waals surface area (Å²) >= 11 is 3.31. The highest BCUT2D eigenvalue weighted by Crippen LogP contribution is 2.22. The molecule has 98 valence electrons. The molecule has 19 heavy (non-hydrogen) atoms. The van der Waals surface area contributed by atoms with E-state index in [1.54, 1.807) is 0 Å². The Morgan fingerprint density at radius 1 is 1.21 bits per heavy atom. The highest BCUT2D eigenvalue weighted by atomic mass is 79.9. The number of aromatic carboxylic acids is 1. The van der Waals surface area contributed by atoms with E-state index in [4.69, 9.17) is 9.84 Å². The Bertz CT molecular complexity index is 596. The maximum Gasteiger partial charge on any atom is 0.342 e. The molecule has 5 heteroatoms. The van der Waals surface area contributed by atoms with Gasteiger partial charge in [-0.3, -0.25) is 0 Å². The second-order valence-corrected chi connectivity index (χ2v) is 4.75. The lowest BCUT2D eigenvalue weighted by molar-refractivity contribution is 0.0686. The SMILES string of the molecule is O=C(O)c1c(F)cccc1OCc1ccc(Br)cc1. The van der Waals surface area contributed by atoms with Crippen molar-refractivity contribution >= 4 is 21.9 Å². The number of carbonyl (C=O) groups is 1. The van der Waals surface area contributed by atoms with Gasteiger partial charge in [0, 0.05) is 4.47 Å². The van der Waals surface area contributed by atoms with Gasteiger partial charge in [0.05, 0.1) is 0 Å². The molecule has 0 aliphatic carbocycles. The van der Waals surface area contributed by atoms with Gasteiger partial charge < -0.3 is 9.84 Å². The molecule has 0 bridgehead atoms. The maximum atomic E-state index is 13.4. The number of ether oxygens (including phenoxy) is 1. The summed E-state index contributed by atoms with van der Waals surface area (Å²) in [5, 5.41) is 8.95. The summed E-state index contributed by atoms with van der Waals surface area (Å²) in [6, 6.07) is 11.3. The molecule has 0 aliphatic rings. The van der Waals surface area contributed by atoms with Crippen molar-refractivity contribution in [2.45, 2.75) is 6.61 Å². The van der Waals surface area contributed by atoms with Crippen LogP contribution < -0.4 is 4.74 Å². The Hall–Kier alpha value is -1.88. The molecule has 0 spiro atoms. The van der Waals surface area contributed by atoms with E-state index in [0.717, 1.165) is 16.1 Å². The van der Waals surface area contributed by atoms with E-state index in [1.807, 2.05) is 24.3 Å². The number of carboxylic acids is 1.